The molecule has 7 heteroatoms. The van der Waals surface area contributed by atoms with Crippen molar-refractivity contribution >= 4 is 11.6 Å². The molecule has 2 aromatic rings. The van der Waals surface area contributed by atoms with Crippen molar-refractivity contribution in [1.82, 2.24) is 15.1 Å². The number of non-ortho nitro benzene ring substituents is 1. The predicted molar refractivity (Wildman–Crippen MR) is 82.5 cm³/mol. The standard InChI is InChI=1S/C15H18N4O3/c1-4-10(2)16-15(20)14-9-13(17-18(14)3)11-5-7-12(8-6-11)19(21)22/h5-10H,4H2,1-3H3,(H,16,20). The van der Waals surface area contributed by atoms with Crippen LogP contribution in [0.25, 0.3) is 11.3 Å². The number of nitro groups is 1. The maximum absolute atomic E-state index is 12.2. The van der Waals surface area contributed by atoms with E-state index in [1.165, 1.54) is 16.8 Å². The fraction of sp³-hybridized carbons (Fsp3) is 0.333. The highest BCUT2D eigenvalue weighted by molar-refractivity contribution is 5.93. The zero-order valence-corrected chi connectivity index (χ0v) is 12.7. The molecule has 0 spiro atoms. The summed E-state index contributed by atoms with van der Waals surface area (Å²) in [6.07, 6.45) is 0.846. The van der Waals surface area contributed by atoms with E-state index in [1.807, 2.05) is 13.8 Å². The second kappa shape index (κ2) is 6.38. The largest absolute Gasteiger partial charge is 0.348 e. The number of nitrogens with zero attached hydrogens (tertiary/aromatic N) is 3. The van der Waals surface area contributed by atoms with Gasteiger partial charge in [0.15, 0.2) is 0 Å². The third-order valence-corrected chi connectivity index (χ3v) is 3.48. The molecule has 0 aliphatic heterocycles. The van der Waals surface area contributed by atoms with Gasteiger partial charge in [-0.1, -0.05) is 6.92 Å². The van der Waals surface area contributed by atoms with Gasteiger partial charge in [0.2, 0.25) is 0 Å². The Morgan fingerprint density at radius 1 is 1.41 bits per heavy atom. The minimum Gasteiger partial charge on any atom is -0.348 e. The molecule has 0 aliphatic rings. The molecule has 0 bridgehead atoms. The van der Waals surface area contributed by atoms with Crippen molar-refractivity contribution in [3.63, 3.8) is 0 Å². The molecule has 7 nitrogen and oxygen atoms in total. The third-order valence-electron chi connectivity index (χ3n) is 3.48. The normalized spacial score (nSPS) is 12.0. The summed E-state index contributed by atoms with van der Waals surface area (Å²) in [6, 6.07) is 7.85. The smallest absolute Gasteiger partial charge is 0.269 e. The number of aryl methyl sites for hydroxylation is 1. The quantitative estimate of drug-likeness (QED) is 0.678. The fourth-order valence-electron chi connectivity index (χ4n) is 1.97. The summed E-state index contributed by atoms with van der Waals surface area (Å²) < 4.78 is 1.51. The summed E-state index contributed by atoms with van der Waals surface area (Å²) in [7, 11) is 1.69. The van der Waals surface area contributed by atoms with E-state index in [2.05, 4.69) is 10.4 Å². The molecular weight excluding hydrogens is 284 g/mol. The van der Waals surface area contributed by atoms with Crippen LogP contribution in [0.1, 0.15) is 30.8 Å². The van der Waals surface area contributed by atoms with Gasteiger partial charge in [0.1, 0.15) is 5.69 Å². The second-order valence-corrected chi connectivity index (χ2v) is 5.13. The van der Waals surface area contributed by atoms with Crippen LogP contribution < -0.4 is 5.32 Å². The Balaban J connectivity index is 2.25. The first-order chi connectivity index (χ1) is 10.4. The van der Waals surface area contributed by atoms with E-state index in [4.69, 9.17) is 0 Å². The van der Waals surface area contributed by atoms with Crippen LogP contribution in [0, 0.1) is 10.1 Å². The van der Waals surface area contributed by atoms with Crippen LogP contribution in [0.5, 0.6) is 0 Å². The second-order valence-electron chi connectivity index (χ2n) is 5.13. The number of aromatic nitrogens is 2. The van der Waals surface area contributed by atoms with Crippen molar-refractivity contribution in [1.29, 1.82) is 0 Å². The third kappa shape index (κ3) is 3.30. The van der Waals surface area contributed by atoms with Gasteiger partial charge in [0.05, 0.1) is 10.6 Å². The van der Waals surface area contributed by atoms with E-state index < -0.39 is 4.92 Å². The summed E-state index contributed by atoms with van der Waals surface area (Å²) in [4.78, 5) is 22.4. The zero-order valence-electron chi connectivity index (χ0n) is 12.7. The van der Waals surface area contributed by atoms with Crippen molar-refractivity contribution in [3.8, 4) is 11.3 Å². The number of nitro benzene ring substituents is 1. The van der Waals surface area contributed by atoms with E-state index in [0.717, 1.165) is 12.0 Å². The molecule has 1 N–H and O–H groups in total. The molecular formula is C15H18N4O3. The first-order valence-electron chi connectivity index (χ1n) is 7.02. The van der Waals surface area contributed by atoms with Crippen molar-refractivity contribution in [2.45, 2.75) is 26.3 Å². The highest BCUT2D eigenvalue weighted by atomic mass is 16.6. The van der Waals surface area contributed by atoms with Crippen molar-refractivity contribution in [2.75, 3.05) is 0 Å². The summed E-state index contributed by atoms with van der Waals surface area (Å²) in [5.74, 6) is -0.183. The minimum atomic E-state index is -0.451. The Hall–Kier alpha value is -2.70. The van der Waals surface area contributed by atoms with Gasteiger partial charge in [-0.3, -0.25) is 19.6 Å². The molecule has 1 unspecified atom stereocenters. The molecule has 1 aromatic heterocycles. The van der Waals surface area contributed by atoms with Gasteiger partial charge in [-0.25, -0.2) is 0 Å². The van der Waals surface area contributed by atoms with Crippen molar-refractivity contribution in [3.05, 3.63) is 46.1 Å². The van der Waals surface area contributed by atoms with Crippen molar-refractivity contribution in [2.24, 2.45) is 7.05 Å². The molecule has 0 saturated heterocycles. The van der Waals surface area contributed by atoms with Gasteiger partial charge in [-0.15, -0.1) is 0 Å². The molecule has 0 radical (unpaired) electrons. The van der Waals surface area contributed by atoms with E-state index in [0.29, 0.717) is 11.4 Å². The number of rotatable bonds is 5. The molecule has 0 fully saturated rings. The maximum Gasteiger partial charge on any atom is 0.269 e. The number of nitrogens with one attached hydrogen (secondary N) is 1. The van der Waals surface area contributed by atoms with Crippen LogP contribution in [0.4, 0.5) is 5.69 Å². The van der Waals surface area contributed by atoms with E-state index >= 15 is 0 Å². The van der Waals surface area contributed by atoms with E-state index in [-0.39, 0.29) is 17.6 Å². The summed E-state index contributed by atoms with van der Waals surface area (Å²) >= 11 is 0. The van der Waals surface area contributed by atoms with Gasteiger partial charge in [-0.05, 0) is 31.5 Å². The maximum atomic E-state index is 12.2. The predicted octanol–water partition coefficient (Wildman–Crippen LogP) is 2.52. The van der Waals surface area contributed by atoms with Crippen LogP contribution in [0.15, 0.2) is 30.3 Å². The van der Waals surface area contributed by atoms with Crippen LogP contribution >= 0.6 is 0 Å². The Morgan fingerprint density at radius 3 is 2.59 bits per heavy atom. The van der Waals surface area contributed by atoms with Gasteiger partial charge in [0.25, 0.3) is 11.6 Å². The fourth-order valence-corrected chi connectivity index (χ4v) is 1.97. The molecule has 1 heterocycles. The average Bonchev–Trinajstić information content (AvgIpc) is 2.89. The van der Waals surface area contributed by atoms with Crippen LogP contribution in [0.2, 0.25) is 0 Å². The average molecular weight is 302 g/mol. The Bertz CT molecular complexity index is 691. The van der Waals surface area contributed by atoms with Gasteiger partial charge in [0, 0.05) is 30.8 Å². The number of hydrogen-bond donors (Lipinski definition) is 1. The first-order valence-corrected chi connectivity index (χ1v) is 7.02. The molecule has 0 saturated carbocycles. The van der Waals surface area contributed by atoms with Crippen LogP contribution in [0.3, 0.4) is 0 Å². The van der Waals surface area contributed by atoms with Crippen LogP contribution in [-0.2, 0) is 7.05 Å². The number of benzene rings is 1. The van der Waals surface area contributed by atoms with Crippen molar-refractivity contribution < 1.29 is 9.72 Å². The molecule has 0 aliphatic carbocycles. The lowest BCUT2D eigenvalue weighted by Crippen LogP contribution is -2.33. The Morgan fingerprint density at radius 2 is 2.05 bits per heavy atom. The molecule has 2 rings (SSSR count). The molecule has 1 atom stereocenters. The zero-order chi connectivity index (χ0) is 16.3. The molecule has 1 amide bonds. The van der Waals surface area contributed by atoms with Crippen LogP contribution in [-0.4, -0.2) is 26.7 Å². The first kappa shape index (κ1) is 15.7. The Labute approximate surface area is 128 Å². The number of amides is 1. The lowest BCUT2D eigenvalue weighted by atomic mass is 10.1. The molecule has 1 aromatic carbocycles. The lowest BCUT2D eigenvalue weighted by Gasteiger charge is -2.10. The van der Waals surface area contributed by atoms with Gasteiger partial charge < -0.3 is 5.32 Å². The molecule has 22 heavy (non-hydrogen) atoms. The summed E-state index contributed by atoms with van der Waals surface area (Å²) in [5.41, 5.74) is 1.80. The van der Waals surface area contributed by atoms with E-state index in [1.54, 1.807) is 25.2 Å². The topological polar surface area (TPSA) is 90.1 Å². The SMILES string of the molecule is CCC(C)NC(=O)c1cc(-c2ccc([N+](=O)[O-])cc2)nn1C. The highest BCUT2D eigenvalue weighted by Crippen LogP contribution is 2.22. The highest BCUT2D eigenvalue weighted by Gasteiger charge is 2.16. The Kier molecular flexibility index (Phi) is 4.55. The summed E-state index contributed by atoms with van der Waals surface area (Å²) in [5, 5.41) is 17.8. The van der Waals surface area contributed by atoms with E-state index in [9.17, 15) is 14.9 Å². The van der Waals surface area contributed by atoms with Gasteiger partial charge >= 0.3 is 0 Å². The number of carbonyl (C=O) groups is 1. The minimum absolute atomic E-state index is 0.0226. The monoisotopic (exact) mass is 302 g/mol. The number of carbonyl (C=O) groups excluding carboxylic acids is 1. The summed E-state index contributed by atoms with van der Waals surface area (Å²) in [6.45, 7) is 3.93. The van der Waals surface area contributed by atoms with Gasteiger partial charge in [-0.2, -0.15) is 5.10 Å². The number of hydrogen-bond acceptors (Lipinski definition) is 4. The lowest BCUT2D eigenvalue weighted by molar-refractivity contribution is -0.384. The molecule has 116 valence electrons.